The summed E-state index contributed by atoms with van der Waals surface area (Å²) in [5.74, 6) is 0.495. The molecular formula is C25H29N7O7S. The van der Waals surface area contributed by atoms with Gasteiger partial charge in [0, 0.05) is 57.4 Å². The van der Waals surface area contributed by atoms with E-state index in [0.29, 0.717) is 36.0 Å². The number of aryl methyl sites for hydroxylation is 1. The van der Waals surface area contributed by atoms with Crippen LogP contribution in [0.25, 0.3) is 16.9 Å². The van der Waals surface area contributed by atoms with Crippen LogP contribution in [0.3, 0.4) is 0 Å². The number of benzene rings is 1. The standard InChI is InChI=1S/C25H29N7O7S/c1-29-20-21(28-24(29)40(4,36)37)32(25(35)30(2)23(20)34)13-17-12-31(14-26-17)18-9-16(27-22(33)15-5-6-15)10-19(11-18)39-8-7-38-3/h9-12,14-15H,5-8,13H2,1-4H3,(H,27,33). The Hall–Kier alpha value is -4.24. The molecule has 1 aliphatic carbocycles. The van der Waals surface area contributed by atoms with Crippen molar-refractivity contribution in [2.45, 2.75) is 24.5 Å². The Bertz CT molecular complexity index is 1850. The molecule has 0 atom stereocenters. The minimum atomic E-state index is -3.77. The normalized spacial score (nSPS) is 13.6. The van der Waals surface area contributed by atoms with E-state index in [-0.39, 0.29) is 34.7 Å². The quantitative estimate of drug-likeness (QED) is 0.266. The van der Waals surface area contributed by atoms with E-state index in [4.69, 9.17) is 9.47 Å². The summed E-state index contributed by atoms with van der Waals surface area (Å²) in [6, 6.07) is 5.29. The molecule has 1 amide bonds. The fourth-order valence-electron chi connectivity index (χ4n) is 4.35. The Kier molecular flexibility index (Phi) is 7.10. The number of rotatable bonds is 10. The first-order valence-corrected chi connectivity index (χ1v) is 14.3. The molecule has 0 spiro atoms. The van der Waals surface area contributed by atoms with E-state index in [1.54, 1.807) is 42.4 Å². The zero-order valence-electron chi connectivity index (χ0n) is 22.4. The van der Waals surface area contributed by atoms with Crippen LogP contribution in [0.5, 0.6) is 5.75 Å². The molecule has 0 radical (unpaired) electrons. The predicted octanol–water partition coefficient (Wildman–Crippen LogP) is 0.445. The van der Waals surface area contributed by atoms with Crippen LogP contribution in [-0.4, -0.2) is 69.1 Å². The highest BCUT2D eigenvalue weighted by Gasteiger charge is 2.30. The lowest BCUT2D eigenvalue weighted by Crippen LogP contribution is -2.39. The van der Waals surface area contributed by atoms with E-state index in [9.17, 15) is 22.8 Å². The molecule has 1 fully saturated rings. The van der Waals surface area contributed by atoms with Gasteiger partial charge in [0.25, 0.3) is 5.56 Å². The minimum Gasteiger partial charge on any atom is -0.491 e. The van der Waals surface area contributed by atoms with Gasteiger partial charge in [-0.1, -0.05) is 0 Å². The SMILES string of the molecule is COCCOc1cc(NC(=O)C2CC2)cc(-n2cnc(Cn3c(=O)n(C)c(=O)c4c3nc(S(C)(=O)=O)n4C)c2)c1. The number of sulfone groups is 1. The lowest BCUT2D eigenvalue weighted by atomic mass is 10.2. The van der Waals surface area contributed by atoms with Gasteiger partial charge in [0.15, 0.2) is 11.2 Å². The van der Waals surface area contributed by atoms with E-state index in [0.717, 1.165) is 23.7 Å². The number of hydrogen-bond acceptors (Lipinski definition) is 9. The zero-order valence-corrected chi connectivity index (χ0v) is 23.3. The molecule has 4 aromatic rings. The molecule has 1 N–H and O–H groups in total. The molecule has 0 saturated heterocycles. The van der Waals surface area contributed by atoms with Crippen LogP contribution in [0, 0.1) is 5.92 Å². The van der Waals surface area contributed by atoms with Crippen LogP contribution in [0.15, 0.2) is 45.5 Å². The highest BCUT2D eigenvalue weighted by atomic mass is 32.2. The fourth-order valence-corrected chi connectivity index (χ4v) is 5.19. The summed E-state index contributed by atoms with van der Waals surface area (Å²) in [6.45, 7) is 0.628. The molecular weight excluding hydrogens is 542 g/mol. The number of carbonyl (C=O) groups is 1. The number of nitrogens with one attached hydrogen (secondary N) is 1. The molecule has 1 aromatic carbocycles. The third-order valence-electron chi connectivity index (χ3n) is 6.57. The summed E-state index contributed by atoms with van der Waals surface area (Å²) in [6.07, 6.45) is 5.95. The number of hydrogen-bond donors (Lipinski definition) is 1. The second-order valence-electron chi connectivity index (χ2n) is 9.72. The second-order valence-corrected chi connectivity index (χ2v) is 11.6. The molecule has 14 nitrogen and oxygen atoms in total. The first-order valence-electron chi connectivity index (χ1n) is 12.4. The maximum Gasteiger partial charge on any atom is 0.332 e. The molecule has 5 rings (SSSR count). The Labute approximate surface area is 228 Å². The van der Waals surface area contributed by atoms with Gasteiger partial charge in [-0.15, -0.1) is 0 Å². The monoisotopic (exact) mass is 571 g/mol. The van der Waals surface area contributed by atoms with E-state index in [1.165, 1.54) is 23.2 Å². The maximum atomic E-state index is 13.1. The summed E-state index contributed by atoms with van der Waals surface area (Å²) in [5, 5.41) is 2.61. The number of aromatic nitrogens is 6. The van der Waals surface area contributed by atoms with Crippen molar-refractivity contribution < 1.29 is 22.7 Å². The predicted molar refractivity (Wildman–Crippen MR) is 145 cm³/mol. The molecule has 0 aliphatic heterocycles. The number of ether oxygens (including phenoxy) is 2. The van der Waals surface area contributed by atoms with Gasteiger partial charge < -0.3 is 23.9 Å². The number of methoxy groups -OCH3 is 1. The molecule has 0 bridgehead atoms. The second kappa shape index (κ2) is 10.4. The van der Waals surface area contributed by atoms with Crippen LogP contribution in [-0.2, 0) is 40.0 Å². The summed E-state index contributed by atoms with van der Waals surface area (Å²) in [5.41, 5.74) is 0.275. The minimum absolute atomic E-state index is 0.0149. The molecule has 0 unspecified atom stereocenters. The lowest BCUT2D eigenvalue weighted by Gasteiger charge is -2.12. The van der Waals surface area contributed by atoms with Crippen molar-refractivity contribution in [3.63, 3.8) is 0 Å². The number of anilines is 1. The average molecular weight is 572 g/mol. The largest absolute Gasteiger partial charge is 0.491 e. The summed E-state index contributed by atoms with van der Waals surface area (Å²) in [4.78, 5) is 46.8. The van der Waals surface area contributed by atoms with Crippen molar-refractivity contribution in [1.82, 2.24) is 28.2 Å². The van der Waals surface area contributed by atoms with Gasteiger partial charge in [0.05, 0.1) is 30.9 Å². The maximum absolute atomic E-state index is 13.1. The summed E-state index contributed by atoms with van der Waals surface area (Å²) in [7, 11) is 0.540. The number of imidazole rings is 2. The van der Waals surface area contributed by atoms with Gasteiger partial charge in [-0.25, -0.2) is 18.2 Å². The van der Waals surface area contributed by atoms with E-state index in [1.807, 2.05) is 0 Å². The van der Waals surface area contributed by atoms with Crippen molar-refractivity contribution in [1.29, 1.82) is 0 Å². The van der Waals surface area contributed by atoms with Crippen molar-refractivity contribution in [3.8, 4) is 11.4 Å². The van der Waals surface area contributed by atoms with Crippen molar-refractivity contribution in [2.75, 3.05) is 31.9 Å². The van der Waals surface area contributed by atoms with Gasteiger partial charge in [-0.3, -0.25) is 18.7 Å². The molecule has 40 heavy (non-hydrogen) atoms. The Morgan fingerprint density at radius 1 is 1.12 bits per heavy atom. The van der Waals surface area contributed by atoms with E-state index in [2.05, 4.69) is 15.3 Å². The zero-order chi connectivity index (χ0) is 28.8. The highest BCUT2D eigenvalue weighted by molar-refractivity contribution is 7.90. The highest BCUT2D eigenvalue weighted by Crippen LogP contribution is 2.31. The van der Waals surface area contributed by atoms with Gasteiger partial charge in [0.1, 0.15) is 12.4 Å². The van der Waals surface area contributed by atoms with E-state index < -0.39 is 21.1 Å². The molecule has 3 heterocycles. The Morgan fingerprint density at radius 3 is 2.55 bits per heavy atom. The Morgan fingerprint density at radius 2 is 1.88 bits per heavy atom. The number of amides is 1. The van der Waals surface area contributed by atoms with Crippen LogP contribution < -0.4 is 21.3 Å². The fraction of sp³-hybridized carbons (Fsp3) is 0.400. The van der Waals surface area contributed by atoms with Crippen LogP contribution >= 0.6 is 0 Å². The first kappa shape index (κ1) is 27.3. The van der Waals surface area contributed by atoms with E-state index >= 15 is 0 Å². The number of nitrogens with zero attached hydrogens (tertiary/aromatic N) is 6. The van der Waals surface area contributed by atoms with Crippen LogP contribution in [0.4, 0.5) is 5.69 Å². The molecule has 1 aliphatic rings. The topological polar surface area (TPSA) is 161 Å². The third-order valence-corrected chi connectivity index (χ3v) is 7.59. The van der Waals surface area contributed by atoms with Gasteiger partial charge in [-0.05, 0) is 18.9 Å². The molecule has 3 aromatic heterocycles. The van der Waals surface area contributed by atoms with Crippen molar-refractivity contribution in [2.24, 2.45) is 20.0 Å². The van der Waals surface area contributed by atoms with Gasteiger partial charge in [-0.2, -0.15) is 4.98 Å². The lowest BCUT2D eigenvalue weighted by molar-refractivity contribution is -0.117. The van der Waals surface area contributed by atoms with Crippen LogP contribution in [0.2, 0.25) is 0 Å². The van der Waals surface area contributed by atoms with Crippen molar-refractivity contribution in [3.05, 3.63) is 57.3 Å². The smallest absolute Gasteiger partial charge is 0.332 e. The van der Waals surface area contributed by atoms with Gasteiger partial charge >= 0.3 is 5.69 Å². The molecule has 15 heteroatoms. The molecule has 212 valence electrons. The molecule has 1 saturated carbocycles. The summed E-state index contributed by atoms with van der Waals surface area (Å²) >= 11 is 0. The van der Waals surface area contributed by atoms with Gasteiger partial charge in [0.2, 0.25) is 20.9 Å². The third kappa shape index (κ3) is 5.29. The number of carbonyl (C=O) groups excluding carboxylic acids is 1. The van der Waals surface area contributed by atoms with Crippen molar-refractivity contribution >= 4 is 32.6 Å². The number of fused-ring (bicyclic) bond motifs is 1. The average Bonchev–Trinajstić information content (AvgIpc) is 3.55. The Balaban J connectivity index is 1.52. The summed E-state index contributed by atoms with van der Waals surface area (Å²) < 4.78 is 40.3. The van der Waals surface area contributed by atoms with Crippen LogP contribution in [0.1, 0.15) is 18.5 Å². The first-order chi connectivity index (χ1) is 19.0.